The van der Waals surface area contributed by atoms with Crippen molar-refractivity contribution in [2.45, 2.75) is 0 Å². The Morgan fingerprint density at radius 2 is 1.86 bits per heavy atom. The topological polar surface area (TPSA) is 38.8 Å². The third-order valence-electron chi connectivity index (χ3n) is 0.435. The molecule has 0 amide bonds. The molecular weight excluding hydrogens is 137 g/mol. The molecule has 0 aromatic heterocycles. The van der Waals surface area contributed by atoms with Crippen LogP contribution in [0.1, 0.15) is 0 Å². The maximum Gasteiger partial charge on any atom is 0.192 e. The van der Waals surface area contributed by atoms with E-state index in [-0.39, 0.29) is 10.3 Å². The average Bonchev–Trinajstić information content (AvgIpc) is 1.91. The third kappa shape index (κ3) is 0.838. The molecule has 0 bridgehead atoms. The molecule has 0 aromatic carbocycles. The Hall–Kier alpha value is -0.280. The van der Waals surface area contributed by atoms with Crippen molar-refractivity contribution in [1.29, 1.82) is 0 Å². The summed E-state index contributed by atoms with van der Waals surface area (Å²) in [5.74, 6) is 0. The normalized spacial score (nSPS) is 18.0. The summed E-state index contributed by atoms with van der Waals surface area (Å²) >= 11 is 10.5. The van der Waals surface area contributed by atoms with Crippen molar-refractivity contribution in [1.82, 2.24) is 5.43 Å². The molecule has 0 atom stereocenters. The molecule has 0 aliphatic carbocycles. The number of hydrogen-bond acceptors (Lipinski definition) is 2. The van der Waals surface area contributed by atoms with Crippen LogP contribution in [0.5, 0.6) is 0 Å². The molecule has 0 unspecified atom stereocenters. The Morgan fingerprint density at radius 1 is 1.14 bits per heavy atom. The van der Waals surface area contributed by atoms with Crippen molar-refractivity contribution in [2.75, 3.05) is 0 Å². The van der Waals surface area contributed by atoms with Gasteiger partial charge in [-0.1, -0.05) is 23.2 Å². The van der Waals surface area contributed by atoms with Gasteiger partial charge >= 0.3 is 0 Å². The highest BCUT2D eigenvalue weighted by molar-refractivity contribution is 6.38. The van der Waals surface area contributed by atoms with Gasteiger partial charge in [-0.15, -0.1) is 10.5 Å². The summed E-state index contributed by atoms with van der Waals surface area (Å²) in [4.78, 5) is 0. The fraction of sp³-hybridized carbons (Fsp3) is 0. The van der Waals surface area contributed by atoms with Crippen LogP contribution in [-0.2, 0) is 0 Å². The van der Waals surface area contributed by atoms with E-state index in [0.29, 0.717) is 0 Å². The van der Waals surface area contributed by atoms with E-state index in [0.717, 1.165) is 0 Å². The molecular formula is C2Cl2N3. The molecule has 0 saturated heterocycles. The lowest BCUT2D eigenvalue weighted by molar-refractivity contribution is 0.891. The zero-order valence-corrected chi connectivity index (χ0v) is 4.61. The van der Waals surface area contributed by atoms with E-state index in [1.165, 1.54) is 0 Å². The van der Waals surface area contributed by atoms with E-state index in [2.05, 4.69) is 15.8 Å². The van der Waals surface area contributed by atoms with Gasteiger partial charge in [-0.25, -0.2) is 0 Å². The van der Waals surface area contributed by atoms with Crippen LogP contribution in [0.2, 0.25) is 0 Å². The van der Waals surface area contributed by atoms with Gasteiger partial charge in [-0.3, -0.25) is 0 Å². The summed E-state index contributed by atoms with van der Waals surface area (Å²) in [6, 6.07) is 0. The predicted octanol–water partition coefficient (Wildman–Crippen LogP) is 1.58. The van der Waals surface area contributed by atoms with E-state index in [1.54, 1.807) is 0 Å². The Kier molecular flexibility index (Phi) is 1.17. The molecule has 5 heteroatoms. The quantitative estimate of drug-likeness (QED) is 0.454. The standard InChI is InChI=1S/C2Cl2N3/c3-1-2(4)6-7-5-1. The predicted molar refractivity (Wildman–Crippen MR) is 25.7 cm³/mol. The maximum absolute atomic E-state index is 5.26. The van der Waals surface area contributed by atoms with Gasteiger partial charge in [0, 0.05) is 0 Å². The smallest absolute Gasteiger partial charge is 0.115 e. The molecule has 0 spiro atoms. The van der Waals surface area contributed by atoms with Gasteiger partial charge in [0.15, 0.2) is 10.3 Å². The monoisotopic (exact) mass is 136 g/mol. The summed E-state index contributed by atoms with van der Waals surface area (Å²) in [6.45, 7) is 0. The van der Waals surface area contributed by atoms with Crippen molar-refractivity contribution < 1.29 is 0 Å². The molecule has 0 saturated carbocycles. The number of rotatable bonds is 0. The first-order chi connectivity index (χ1) is 3.30. The SMILES string of the molecule is ClC1=C(Cl)N=N[N]1. The van der Waals surface area contributed by atoms with Gasteiger partial charge in [0.05, 0.1) is 0 Å². The molecule has 7 heavy (non-hydrogen) atoms. The van der Waals surface area contributed by atoms with Gasteiger partial charge in [0.25, 0.3) is 0 Å². The van der Waals surface area contributed by atoms with Crippen LogP contribution in [0.15, 0.2) is 20.6 Å². The second-order valence-electron chi connectivity index (χ2n) is 0.871. The zero-order valence-electron chi connectivity index (χ0n) is 3.10. The molecule has 1 aliphatic heterocycles. The van der Waals surface area contributed by atoms with Gasteiger partial charge in [0.2, 0.25) is 0 Å². The van der Waals surface area contributed by atoms with E-state index in [9.17, 15) is 0 Å². The average molecular weight is 137 g/mol. The third-order valence-corrected chi connectivity index (χ3v) is 1.04. The van der Waals surface area contributed by atoms with Crippen LogP contribution >= 0.6 is 23.2 Å². The van der Waals surface area contributed by atoms with Crippen molar-refractivity contribution in [3.8, 4) is 0 Å². The summed E-state index contributed by atoms with van der Waals surface area (Å²) in [5, 5.41) is 6.75. The van der Waals surface area contributed by atoms with Gasteiger partial charge in [-0.05, 0) is 5.22 Å². The van der Waals surface area contributed by atoms with Crippen LogP contribution < -0.4 is 5.43 Å². The summed E-state index contributed by atoms with van der Waals surface area (Å²) in [7, 11) is 0. The first kappa shape index (κ1) is 4.87. The van der Waals surface area contributed by atoms with Crippen molar-refractivity contribution >= 4 is 23.2 Å². The Labute approximate surface area is 50.0 Å². The molecule has 0 fully saturated rings. The Morgan fingerprint density at radius 3 is 2.00 bits per heavy atom. The lowest BCUT2D eigenvalue weighted by Gasteiger charge is -1.75. The lowest BCUT2D eigenvalue weighted by Crippen LogP contribution is -1.80. The minimum absolute atomic E-state index is 0.154. The largest absolute Gasteiger partial charge is 0.192 e. The highest BCUT2D eigenvalue weighted by atomic mass is 35.5. The highest BCUT2D eigenvalue weighted by Crippen LogP contribution is 2.18. The van der Waals surface area contributed by atoms with E-state index >= 15 is 0 Å². The second-order valence-corrected chi connectivity index (χ2v) is 1.59. The number of hydrogen-bond donors (Lipinski definition) is 0. The minimum Gasteiger partial charge on any atom is -0.115 e. The molecule has 1 rings (SSSR count). The summed E-state index contributed by atoms with van der Waals surface area (Å²) in [5.41, 5.74) is 3.29. The van der Waals surface area contributed by atoms with Crippen LogP contribution in [0.25, 0.3) is 0 Å². The van der Waals surface area contributed by atoms with Crippen LogP contribution in [0, 0.1) is 0 Å². The van der Waals surface area contributed by atoms with Crippen LogP contribution in [0.4, 0.5) is 0 Å². The number of halogens is 2. The van der Waals surface area contributed by atoms with E-state index in [4.69, 9.17) is 23.2 Å². The van der Waals surface area contributed by atoms with Gasteiger partial charge in [-0.2, -0.15) is 0 Å². The fourth-order valence-electron chi connectivity index (χ4n) is 0.183. The first-order valence-corrected chi connectivity index (χ1v) is 2.23. The molecule has 37 valence electrons. The second kappa shape index (κ2) is 1.68. The van der Waals surface area contributed by atoms with Crippen molar-refractivity contribution in [2.24, 2.45) is 10.3 Å². The van der Waals surface area contributed by atoms with Crippen LogP contribution in [0.3, 0.4) is 0 Å². The van der Waals surface area contributed by atoms with Crippen molar-refractivity contribution in [3.05, 3.63) is 10.3 Å². The van der Waals surface area contributed by atoms with Crippen LogP contribution in [-0.4, -0.2) is 0 Å². The fourth-order valence-corrected chi connectivity index (χ4v) is 0.327. The lowest BCUT2D eigenvalue weighted by atomic mass is 10.9. The Bertz CT molecular complexity index is 138. The van der Waals surface area contributed by atoms with E-state index in [1.807, 2.05) is 0 Å². The van der Waals surface area contributed by atoms with Gasteiger partial charge in [0.1, 0.15) is 0 Å². The maximum atomic E-state index is 5.26. The summed E-state index contributed by atoms with van der Waals surface area (Å²) < 4.78 is 0. The molecule has 3 nitrogen and oxygen atoms in total. The van der Waals surface area contributed by atoms with Gasteiger partial charge < -0.3 is 0 Å². The zero-order chi connectivity index (χ0) is 5.28. The molecule has 0 aromatic rings. The molecule has 0 N–H and O–H groups in total. The first-order valence-electron chi connectivity index (χ1n) is 1.48. The molecule has 1 radical (unpaired) electrons. The minimum atomic E-state index is 0.154. The highest BCUT2D eigenvalue weighted by Gasteiger charge is 2.06. The molecule has 1 heterocycles. The van der Waals surface area contributed by atoms with E-state index < -0.39 is 0 Å². The summed E-state index contributed by atoms with van der Waals surface area (Å²) in [6.07, 6.45) is 0. The molecule has 1 aliphatic rings. The number of nitrogens with zero attached hydrogens (tertiary/aromatic N) is 3. The van der Waals surface area contributed by atoms with Crippen molar-refractivity contribution in [3.63, 3.8) is 0 Å². The Balaban J connectivity index is 2.79.